The first kappa shape index (κ1) is 16.4. The van der Waals surface area contributed by atoms with Crippen molar-refractivity contribution in [3.05, 3.63) is 70.7 Å². The lowest BCUT2D eigenvalue weighted by Crippen LogP contribution is -2.09. The van der Waals surface area contributed by atoms with Crippen LogP contribution in [0.3, 0.4) is 0 Å². The molecule has 2 aromatic heterocycles. The molecule has 0 radical (unpaired) electrons. The van der Waals surface area contributed by atoms with Gasteiger partial charge in [0.15, 0.2) is 0 Å². The summed E-state index contributed by atoms with van der Waals surface area (Å²) in [5.41, 5.74) is 3.61. The summed E-state index contributed by atoms with van der Waals surface area (Å²) in [6.45, 7) is 3.20. The number of fused-ring (bicyclic) bond motifs is 1. The number of aryl methyl sites for hydroxylation is 2. The number of aromatic nitrogens is 3. The summed E-state index contributed by atoms with van der Waals surface area (Å²) < 4.78 is 10.9. The van der Waals surface area contributed by atoms with E-state index in [1.165, 1.54) is 16.7 Å². The third kappa shape index (κ3) is 3.79. The number of nitrogens with zero attached hydrogens (tertiary/aromatic N) is 4. The standard InChI is InChI=1S/C20H20N4O2/c1-2-25-20-23-18(8-7-17-4-3-9-26-17)22-19(24-20)11-14-5-6-15-12-21-13-16(15)10-14/h3-6,9-10,12H,2,7-8,11,13H2,1H3. The molecule has 4 rings (SSSR count). The molecule has 0 unspecified atom stereocenters. The molecule has 0 amide bonds. The maximum absolute atomic E-state index is 5.53. The fourth-order valence-electron chi connectivity index (χ4n) is 2.98. The average Bonchev–Trinajstić information content (AvgIpc) is 3.31. The summed E-state index contributed by atoms with van der Waals surface area (Å²) in [5.74, 6) is 2.36. The molecule has 0 fully saturated rings. The van der Waals surface area contributed by atoms with Gasteiger partial charge >= 0.3 is 6.01 Å². The molecule has 26 heavy (non-hydrogen) atoms. The average molecular weight is 348 g/mol. The van der Waals surface area contributed by atoms with E-state index in [-0.39, 0.29) is 0 Å². The smallest absolute Gasteiger partial charge is 0.319 e. The fourth-order valence-corrected chi connectivity index (χ4v) is 2.98. The minimum absolute atomic E-state index is 0.386. The third-order valence-corrected chi connectivity index (χ3v) is 4.22. The van der Waals surface area contributed by atoms with Crippen LogP contribution in [0.15, 0.2) is 46.0 Å². The topological polar surface area (TPSA) is 73.4 Å². The third-order valence-electron chi connectivity index (χ3n) is 4.22. The van der Waals surface area contributed by atoms with Gasteiger partial charge in [-0.05, 0) is 35.7 Å². The van der Waals surface area contributed by atoms with Gasteiger partial charge < -0.3 is 9.15 Å². The van der Waals surface area contributed by atoms with Crippen molar-refractivity contribution in [2.24, 2.45) is 4.99 Å². The van der Waals surface area contributed by atoms with Crippen LogP contribution >= 0.6 is 0 Å². The van der Waals surface area contributed by atoms with Crippen LogP contribution in [0.2, 0.25) is 0 Å². The number of aliphatic imine (C=N–C) groups is 1. The number of rotatable bonds is 7. The lowest BCUT2D eigenvalue weighted by Gasteiger charge is -2.08. The maximum atomic E-state index is 5.53. The monoisotopic (exact) mass is 348 g/mol. The van der Waals surface area contributed by atoms with Crippen LogP contribution in [0.25, 0.3) is 0 Å². The summed E-state index contributed by atoms with van der Waals surface area (Å²) in [6, 6.07) is 10.6. The molecule has 3 heterocycles. The zero-order chi connectivity index (χ0) is 17.8. The van der Waals surface area contributed by atoms with Gasteiger partial charge in [0.25, 0.3) is 0 Å². The fraction of sp³-hybridized carbons (Fsp3) is 0.300. The maximum Gasteiger partial charge on any atom is 0.319 e. The van der Waals surface area contributed by atoms with Crippen molar-refractivity contribution >= 4 is 6.21 Å². The molecule has 0 saturated carbocycles. The van der Waals surface area contributed by atoms with E-state index in [0.29, 0.717) is 25.5 Å². The summed E-state index contributed by atoms with van der Waals surface area (Å²) in [4.78, 5) is 17.8. The number of ether oxygens (including phenoxy) is 1. The van der Waals surface area contributed by atoms with Gasteiger partial charge in [-0.1, -0.05) is 18.2 Å². The molecule has 1 aromatic carbocycles. The summed E-state index contributed by atoms with van der Waals surface area (Å²) in [5, 5.41) is 0. The summed E-state index contributed by atoms with van der Waals surface area (Å²) >= 11 is 0. The van der Waals surface area contributed by atoms with E-state index in [0.717, 1.165) is 30.4 Å². The molecule has 1 aliphatic heterocycles. The van der Waals surface area contributed by atoms with Gasteiger partial charge in [0.05, 0.1) is 19.4 Å². The highest BCUT2D eigenvalue weighted by molar-refractivity contribution is 5.84. The van der Waals surface area contributed by atoms with Crippen LogP contribution < -0.4 is 4.74 Å². The predicted octanol–water partition coefficient (Wildman–Crippen LogP) is 3.17. The van der Waals surface area contributed by atoms with Gasteiger partial charge in [0.1, 0.15) is 17.4 Å². The molecule has 0 aliphatic carbocycles. The van der Waals surface area contributed by atoms with Crippen LogP contribution in [0.4, 0.5) is 0 Å². The molecule has 1 aliphatic rings. The Labute approximate surface area is 152 Å². The van der Waals surface area contributed by atoms with E-state index < -0.39 is 0 Å². The van der Waals surface area contributed by atoms with Gasteiger partial charge in [0.2, 0.25) is 0 Å². The molecule has 3 aromatic rings. The van der Waals surface area contributed by atoms with Gasteiger partial charge in [-0.3, -0.25) is 4.99 Å². The lowest BCUT2D eigenvalue weighted by atomic mass is 10.0. The first-order valence-corrected chi connectivity index (χ1v) is 8.81. The molecule has 0 bridgehead atoms. The summed E-state index contributed by atoms with van der Waals surface area (Å²) in [6.07, 6.45) is 5.67. The van der Waals surface area contributed by atoms with Crippen LogP contribution in [-0.2, 0) is 25.8 Å². The number of hydrogen-bond donors (Lipinski definition) is 0. The van der Waals surface area contributed by atoms with Gasteiger partial charge in [0, 0.05) is 25.5 Å². The molecule has 0 saturated heterocycles. The SMILES string of the molecule is CCOc1nc(CCc2ccco2)nc(Cc2ccc3c(c2)CN=C3)n1. The Hall–Kier alpha value is -3.02. The van der Waals surface area contributed by atoms with Crippen LogP contribution in [0.1, 0.15) is 41.0 Å². The number of benzene rings is 1. The van der Waals surface area contributed by atoms with E-state index in [4.69, 9.17) is 9.15 Å². The molecule has 6 heteroatoms. The Balaban J connectivity index is 1.54. The molecular weight excluding hydrogens is 328 g/mol. The Bertz CT molecular complexity index is 920. The second-order valence-electron chi connectivity index (χ2n) is 6.14. The van der Waals surface area contributed by atoms with Crippen molar-refractivity contribution in [2.75, 3.05) is 6.61 Å². The summed E-state index contributed by atoms with van der Waals surface area (Å²) in [7, 11) is 0. The highest BCUT2D eigenvalue weighted by atomic mass is 16.5. The van der Waals surface area contributed by atoms with Crippen LogP contribution in [0.5, 0.6) is 6.01 Å². The van der Waals surface area contributed by atoms with Crippen molar-refractivity contribution in [1.82, 2.24) is 15.0 Å². The highest BCUT2D eigenvalue weighted by Crippen LogP contribution is 2.18. The van der Waals surface area contributed by atoms with E-state index in [9.17, 15) is 0 Å². The largest absolute Gasteiger partial charge is 0.469 e. The van der Waals surface area contributed by atoms with E-state index in [2.05, 4.69) is 38.1 Å². The Morgan fingerprint density at radius 2 is 2.00 bits per heavy atom. The van der Waals surface area contributed by atoms with Crippen molar-refractivity contribution in [1.29, 1.82) is 0 Å². The normalized spacial score (nSPS) is 12.3. The zero-order valence-corrected chi connectivity index (χ0v) is 14.7. The van der Waals surface area contributed by atoms with E-state index in [1.807, 2.05) is 25.3 Å². The van der Waals surface area contributed by atoms with Crippen LogP contribution in [-0.4, -0.2) is 27.8 Å². The van der Waals surface area contributed by atoms with Gasteiger partial charge in [-0.25, -0.2) is 4.98 Å². The van der Waals surface area contributed by atoms with Crippen molar-refractivity contribution in [3.8, 4) is 6.01 Å². The van der Waals surface area contributed by atoms with Crippen LogP contribution in [0, 0.1) is 0 Å². The van der Waals surface area contributed by atoms with E-state index >= 15 is 0 Å². The zero-order valence-electron chi connectivity index (χ0n) is 14.7. The minimum atomic E-state index is 0.386. The number of hydrogen-bond acceptors (Lipinski definition) is 6. The molecule has 6 nitrogen and oxygen atoms in total. The Kier molecular flexibility index (Phi) is 4.73. The van der Waals surface area contributed by atoms with Crippen molar-refractivity contribution in [2.45, 2.75) is 32.7 Å². The van der Waals surface area contributed by atoms with E-state index in [1.54, 1.807) is 6.26 Å². The van der Waals surface area contributed by atoms with Gasteiger partial charge in [-0.15, -0.1) is 0 Å². The molecule has 0 atom stereocenters. The first-order chi connectivity index (χ1) is 12.8. The van der Waals surface area contributed by atoms with Crippen molar-refractivity contribution < 1.29 is 9.15 Å². The molecule has 0 N–H and O–H groups in total. The number of furan rings is 1. The second kappa shape index (κ2) is 7.47. The Morgan fingerprint density at radius 1 is 1.08 bits per heavy atom. The van der Waals surface area contributed by atoms with Gasteiger partial charge in [-0.2, -0.15) is 9.97 Å². The Morgan fingerprint density at radius 3 is 2.85 bits per heavy atom. The minimum Gasteiger partial charge on any atom is -0.469 e. The van der Waals surface area contributed by atoms with Crippen molar-refractivity contribution in [3.63, 3.8) is 0 Å². The molecular formula is C20H20N4O2. The quantitative estimate of drug-likeness (QED) is 0.656. The molecule has 0 spiro atoms. The molecule has 132 valence electrons. The lowest BCUT2D eigenvalue weighted by molar-refractivity contribution is 0.308. The first-order valence-electron chi connectivity index (χ1n) is 8.81. The second-order valence-corrected chi connectivity index (χ2v) is 6.14. The highest BCUT2D eigenvalue weighted by Gasteiger charge is 2.11. The predicted molar refractivity (Wildman–Crippen MR) is 97.7 cm³/mol.